The summed E-state index contributed by atoms with van der Waals surface area (Å²) in [6.45, 7) is 7.37. The number of piperazine rings is 1. The number of rotatable bonds is 2. The highest BCUT2D eigenvalue weighted by Gasteiger charge is 2.19. The highest BCUT2D eigenvalue weighted by Crippen LogP contribution is 2.24. The summed E-state index contributed by atoms with van der Waals surface area (Å²) in [5.41, 5.74) is 8.11. The summed E-state index contributed by atoms with van der Waals surface area (Å²) in [6, 6.07) is 6.28. The van der Waals surface area contributed by atoms with Gasteiger partial charge in [-0.3, -0.25) is 0 Å². The van der Waals surface area contributed by atoms with Crippen LogP contribution in [-0.2, 0) is 0 Å². The fraction of sp³-hybridized carbons (Fsp3) is 0.462. The van der Waals surface area contributed by atoms with Gasteiger partial charge in [-0.1, -0.05) is 6.92 Å². The molecule has 3 rings (SSSR count). The maximum Gasteiger partial charge on any atom is 0.298 e. The molecule has 5 heteroatoms. The zero-order valence-electron chi connectivity index (χ0n) is 10.6. The second-order valence-electron chi connectivity index (χ2n) is 4.64. The average Bonchev–Trinajstić information content (AvgIpc) is 2.81. The predicted octanol–water partition coefficient (Wildman–Crippen LogP) is 1.55. The van der Waals surface area contributed by atoms with Gasteiger partial charge in [0, 0.05) is 31.9 Å². The molecule has 2 aromatic rings. The first kappa shape index (κ1) is 11.3. The second-order valence-corrected chi connectivity index (χ2v) is 4.64. The summed E-state index contributed by atoms with van der Waals surface area (Å²) in [4.78, 5) is 9.13. The number of likely N-dealkylation sites (N-methyl/N-ethyl adjacent to an activating group) is 1. The molecule has 18 heavy (non-hydrogen) atoms. The molecular formula is C13H18N4O. The lowest BCUT2D eigenvalue weighted by Gasteiger charge is -2.32. The topological polar surface area (TPSA) is 58.5 Å². The summed E-state index contributed by atoms with van der Waals surface area (Å²) in [5, 5.41) is 0. The minimum atomic E-state index is 0.714. The first-order valence-electron chi connectivity index (χ1n) is 6.39. The van der Waals surface area contributed by atoms with Crippen LogP contribution in [0.3, 0.4) is 0 Å². The quantitative estimate of drug-likeness (QED) is 0.815. The first-order valence-corrected chi connectivity index (χ1v) is 6.39. The molecule has 96 valence electrons. The van der Waals surface area contributed by atoms with E-state index >= 15 is 0 Å². The van der Waals surface area contributed by atoms with E-state index in [4.69, 9.17) is 10.2 Å². The lowest BCUT2D eigenvalue weighted by molar-refractivity contribution is 0.266. The highest BCUT2D eigenvalue weighted by molar-refractivity contribution is 5.78. The molecule has 1 saturated heterocycles. The Balaban J connectivity index is 1.82. The molecule has 2 N–H and O–H groups in total. The third-order valence-electron chi connectivity index (χ3n) is 3.49. The molecule has 0 unspecified atom stereocenters. The number of nitrogen functional groups attached to an aromatic ring is 1. The summed E-state index contributed by atoms with van der Waals surface area (Å²) in [6.07, 6.45) is 0. The number of benzene rings is 1. The van der Waals surface area contributed by atoms with E-state index < -0.39 is 0 Å². The number of oxazole rings is 1. The van der Waals surface area contributed by atoms with Crippen LogP contribution in [0, 0.1) is 0 Å². The van der Waals surface area contributed by atoms with Gasteiger partial charge in [-0.05, 0) is 24.7 Å². The second kappa shape index (κ2) is 4.49. The summed E-state index contributed by atoms with van der Waals surface area (Å²) in [5.74, 6) is 0. The van der Waals surface area contributed by atoms with E-state index in [0.717, 1.165) is 49.5 Å². The molecule has 1 aliphatic rings. The molecule has 5 nitrogen and oxygen atoms in total. The summed E-state index contributed by atoms with van der Waals surface area (Å²) >= 11 is 0. The fourth-order valence-corrected chi connectivity index (χ4v) is 2.32. The Morgan fingerprint density at radius 3 is 2.78 bits per heavy atom. The molecule has 0 bridgehead atoms. The van der Waals surface area contributed by atoms with Crippen LogP contribution in [0.1, 0.15) is 6.92 Å². The lowest BCUT2D eigenvalue weighted by Crippen LogP contribution is -2.46. The van der Waals surface area contributed by atoms with Crippen molar-refractivity contribution in [2.24, 2.45) is 0 Å². The van der Waals surface area contributed by atoms with Crippen LogP contribution in [0.2, 0.25) is 0 Å². The van der Waals surface area contributed by atoms with Gasteiger partial charge < -0.3 is 20.0 Å². The van der Waals surface area contributed by atoms with Crippen molar-refractivity contribution >= 4 is 22.8 Å². The van der Waals surface area contributed by atoms with Crippen LogP contribution < -0.4 is 10.6 Å². The zero-order valence-corrected chi connectivity index (χ0v) is 10.6. The minimum absolute atomic E-state index is 0.714. The van der Waals surface area contributed by atoms with Gasteiger partial charge in [0.05, 0.1) is 0 Å². The molecule has 0 radical (unpaired) electrons. The number of fused-ring (bicyclic) bond motifs is 1. The molecule has 0 saturated carbocycles. The highest BCUT2D eigenvalue weighted by atomic mass is 16.4. The molecular weight excluding hydrogens is 228 g/mol. The monoisotopic (exact) mass is 246 g/mol. The molecule has 2 heterocycles. The normalized spacial score (nSPS) is 17.5. The van der Waals surface area contributed by atoms with Gasteiger partial charge in [0.25, 0.3) is 6.01 Å². The molecule has 0 atom stereocenters. The Morgan fingerprint density at radius 2 is 2.06 bits per heavy atom. The van der Waals surface area contributed by atoms with E-state index in [1.165, 1.54) is 0 Å². The van der Waals surface area contributed by atoms with Crippen LogP contribution in [-0.4, -0.2) is 42.6 Å². The van der Waals surface area contributed by atoms with Crippen molar-refractivity contribution in [3.8, 4) is 0 Å². The maximum atomic E-state index is 5.77. The lowest BCUT2D eigenvalue weighted by atomic mass is 10.3. The van der Waals surface area contributed by atoms with Crippen molar-refractivity contribution in [2.45, 2.75) is 6.92 Å². The largest absolute Gasteiger partial charge is 0.423 e. The number of anilines is 2. The van der Waals surface area contributed by atoms with Gasteiger partial charge in [0.15, 0.2) is 5.58 Å². The van der Waals surface area contributed by atoms with Crippen molar-refractivity contribution in [3.63, 3.8) is 0 Å². The van der Waals surface area contributed by atoms with Gasteiger partial charge >= 0.3 is 0 Å². The summed E-state index contributed by atoms with van der Waals surface area (Å²) < 4.78 is 5.77. The van der Waals surface area contributed by atoms with E-state index in [1.807, 2.05) is 18.2 Å². The average molecular weight is 246 g/mol. The van der Waals surface area contributed by atoms with Crippen molar-refractivity contribution in [1.29, 1.82) is 0 Å². The van der Waals surface area contributed by atoms with Gasteiger partial charge in [-0.15, -0.1) is 0 Å². The Labute approximate surface area is 106 Å². The third kappa shape index (κ3) is 2.01. The molecule has 1 fully saturated rings. The zero-order chi connectivity index (χ0) is 12.5. The van der Waals surface area contributed by atoms with E-state index in [-0.39, 0.29) is 0 Å². The van der Waals surface area contributed by atoms with Crippen molar-refractivity contribution in [3.05, 3.63) is 18.2 Å². The van der Waals surface area contributed by atoms with Crippen LogP contribution in [0.15, 0.2) is 22.6 Å². The standard InChI is InChI=1S/C13H18N4O/c1-2-16-5-7-17(8-6-16)13-15-11-9-10(14)3-4-12(11)18-13/h3-4,9H,2,5-8,14H2,1H3. The van der Waals surface area contributed by atoms with Gasteiger partial charge in [-0.25, -0.2) is 0 Å². The molecule has 0 aliphatic carbocycles. The van der Waals surface area contributed by atoms with Crippen LogP contribution in [0.25, 0.3) is 11.1 Å². The fourth-order valence-electron chi connectivity index (χ4n) is 2.32. The van der Waals surface area contributed by atoms with Gasteiger partial charge in [0.1, 0.15) is 5.52 Å². The van der Waals surface area contributed by atoms with E-state index in [2.05, 4.69) is 21.7 Å². The molecule has 0 amide bonds. The number of nitrogens with two attached hydrogens (primary N) is 1. The van der Waals surface area contributed by atoms with Crippen molar-refractivity contribution in [2.75, 3.05) is 43.4 Å². The van der Waals surface area contributed by atoms with Crippen molar-refractivity contribution in [1.82, 2.24) is 9.88 Å². The van der Waals surface area contributed by atoms with E-state index in [1.54, 1.807) is 0 Å². The van der Waals surface area contributed by atoms with Crippen LogP contribution >= 0.6 is 0 Å². The van der Waals surface area contributed by atoms with E-state index in [9.17, 15) is 0 Å². The molecule has 1 aliphatic heterocycles. The number of hydrogen-bond donors (Lipinski definition) is 1. The first-order chi connectivity index (χ1) is 8.76. The number of nitrogens with zero attached hydrogens (tertiary/aromatic N) is 3. The third-order valence-corrected chi connectivity index (χ3v) is 3.49. The molecule has 1 aromatic carbocycles. The van der Waals surface area contributed by atoms with Gasteiger partial charge in [0.2, 0.25) is 0 Å². The predicted molar refractivity (Wildman–Crippen MR) is 72.7 cm³/mol. The maximum absolute atomic E-state index is 5.77. The van der Waals surface area contributed by atoms with Crippen LogP contribution in [0.4, 0.5) is 11.7 Å². The SMILES string of the molecule is CCN1CCN(c2nc3cc(N)ccc3o2)CC1. The Kier molecular flexibility index (Phi) is 2.83. The van der Waals surface area contributed by atoms with Crippen molar-refractivity contribution < 1.29 is 4.42 Å². The molecule has 0 spiro atoms. The Hall–Kier alpha value is -1.75. The van der Waals surface area contributed by atoms with Gasteiger partial charge in [-0.2, -0.15) is 4.98 Å². The molecule has 1 aromatic heterocycles. The van der Waals surface area contributed by atoms with E-state index in [0.29, 0.717) is 6.01 Å². The van der Waals surface area contributed by atoms with Crippen LogP contribution in [0.5, 0.6) is 0 Å². The Bertz CT molecular complexity index is 543. The minimum Gasteiger partial charge on any atom is -0.423 e. The Morgan fingerprint density at radius 1 is 1.28 bits per heavy atom. The number of hydrogen-bond acceptors (Lipinski definition) is 5. The summed E-state index contributed by atoms with van der Waals surface area (Å²) in [7, 11) is 0. The number of aromatic nitrogens is 1. The smallest absolute Gasteiger partial charge is 0.298 e.